The highest BCUT2D eigenvalue weighted by Crippen LogP contribution is 2.47. The molecule has 0 bridgehead atoms. The zero-order valence-corrected chi connectivity index (χ0v) is 22.4. The minimum absolute atomic E-state index is 0.0595. The van der Waals surface area contributed by atoms with Gasteiger partial charge in [-0.05, 0) is 59.7 Å². The third-order valence-corrected chi connectivity index (χ3v) is 6.98. The summed E-state index contributed by atoms with van der Waals surface area (Å²) < 4.78 is 42.5. The number of carbonyl (C=O) groups excluding carboxylic acids is 1. The molecule has 0 radical (unpaired) electrons. The molecule has 204 valence electrons. The van der Waals surface area contributed by atoms with Crippen molar-refractivity contribution in [2.24, 2.45) is 0 Å². The van der Waals surface area contributed by atoms with Crippen LogP contribution < -0.4 is 4.74 Å². The number of aliphatic hydroxyl groups excluding tert-OH is 1. The van der Waals surface area contributed by atoms with Crippen molar-refractivity contribution in [3.63, 3.8) is 0 Å². The fourth-order valence-electron chi connectivity index (χ4n) is 4.94. The van der Waals surface area contributed by atoms with Crippen LogP contribution in [0.5, 0.6) is 5.75 Å². The second-order valence-electron chi connectivity index (χ2n) is 10.2. The number of aliphatic hydroxyl groups is 1. The molecule has 7 heteroatoms. The lowest BCUT2D eigenvalue weighted by molar-refractivity contribution is 0.0600. The van der Waals surface area contributed by atoms with Crippen LogP contribution in [0.3, 0.4) is 0 Å². The largest absolute Gasteiger partial charge is 0.485 e. The fourth-order valence-corrected chi connectivity index (χ4v) is 4.94. The van der Waals surface area contributed by atoms with Gasteiger partial charge in [0.15, 0.2) is 11.6 Å². The van der Waals surface area contributed by atoms with Crippen LogP contribution in [0.25, 0.3) is 27.7 Å². The Bertz CT molecular complexity index is 1660. The van der Waals surface area contributed by atoms with E-state index in [9.17, 15) is 14.3 Å². The predicted molar refractivity (Wildman–Crippen MR) is 151 cm³/mol. The van der Waals surface area contributed by atoms with E-state index >= 15 is 4.39 Å². The van der Waals surface area contributed by atoms with Crippen molar-refractivity contribution in [1.29, 1.82) is 0 Å². The molecule has 40 heavy (non-hydrogen) atoms. The maximum Gasteiger partial charge on any atom is 0.337 e. The molecular weight excluding hydrogens is 512 g/mol. The van der Waals surface area contributed by atoms with Gasteiger partial charge in [0, 0.05) is 22.4 Å². The number of aromatic nitrogens is 1. The van der Waals surface area contributed by atoms with Crippen molar-refractivity contribution in [2.75, 3.05) is 13.7 Å². The SMILES string of the molecule is COC(=O)c1ccc(-c2c(C(C)(C)CO)n(-c3ccc(F)cc3)c3ccc(F)c(OCc4ccccc4)c23)cc1. The van der Waals surface area contributed by atoms with Crippen molar-refractivity contribution >= 4 is 16.9 Å². The van der Waals surface area contributed by atoms with Gasteiger partial charge in [-0.25, -0.2) is 13.6 Å². The van der Waals surface area contributed by atoms with Gasteiger partial charge >= 0.3 is 5.97 Å². The summed E-state index contributed by atoms with van der Waals surface area (Å²) in [5.74, 6) is -1.35. The van der Waals surface area contributed by atoms with Crippen LogP contribution in [0.2, 0.25) is 0 Å². The number of esters is 1. The predicted octanol–water partition coefficient (Wildman–Crippen LogP) is 7.21. The number of rotatable bonds is 8. The van der Waals surface area contributed by atoms with Crippen molar-refractivity contribution in [1.82, 2.24) is 4.57 Å². The minimum atomic E-state index is -0.822. The number of benzene rings is 4. The van der Waals surface area contributed by atoms with E-state index < -0.39 is 17.2 Å². The minimum Gasteiger partial charge on any atom is -0.485 e. The highest BCUT2D eigenvalue weighted by Gasteiger charge is 2.33. The molecule has 0 aliphatic heterocycles. The second kappa shape index (κ2) is 10.9. The van der Waals surface area contributed by atoms with Crippen molar-refractivity contribution in [3.8, 4) is 22.6 Å². The topological polar surface area (TPSA) is 60.7 Å². The molecule has 0 aliphatic rings. The zero-order chi connectivity index (χ0) is 28.4. The average molecular weight is 542 g/mol. The third kappa shape index (κ3) is 4.96. The lowest BCUT2D eigenvalue weighted by Crippen LogP contribution is -2.26. The van der Waals surface area contributed by atoms with Gasteiger partial charge in [0.1, 0.15) is 12.4 Å². The number of methoxy groups -OCH3 is 1. The number of ether oxygens (including phenoxy) is 2. The molecule has 5 aromatic rings. The molecule has 1 aromatic heterocycles. The van der Waals surface area contributed by atoms with Gasteiger partial charge in [-0.3, -0.25) is 0 Å². The first kappa shape index (κ1) is 27.1. The Kier molecular flexibility index (Phi) is 7.41. The van der Waals surface area contributed by atoms with Crippen LogP contribution in [0.4, 0.5) is 8.78 Å². The zero-order valence-electron chi connectivity index (χ0n) is 22.4. The van der Waals surface area contributed by atoms with Crippen molar-refractivity contribution < 1.29 is 28.2 Å². The molecular formula is C33H29F2NO4. The molecule has 0 atom stereocenters. The van der Waals surface area contributed by atoms with Gasteiger partial charge in [0.25, 0.3) is 0 Å². The number of hydrogen-bond donors (Lipinski definition) is 1. The van der Waals surface area contributed by atoms with Gasteiger partial charge in [-0.1, -0.05) is 56.3 Å². The smallest absolute Gasteiger partial charge is 0.337 e. The molecule has 0 amide bonds. The highest BCUT2D eigenvalue weighted by atomic mass is 19.1. The molecule has 0 saturated heterocycles. The van der Waals surface area contributed by atoms with E-state index in [1.807, 2.05) is 48.7 Å². The number of hydrogen-bond acceptors (Lipinski definition) is 4. The molecule has 5 rings (SSSR count). The summed E-state index contributed by atoms with van der Waals surface area (Å²) in [5.41, 5.74) is 3.68. The summed E-state index contributed by atoms with van der Waals surface area (Å²) in [5, 5.41) is 11.0. The maximum atomic E-state index is 15.6. The number of fused-ring (bicyclic) bond motifs is 1. The summed E-state index contributed by atoms with van der Waals surface area (Å²) >= 11 is 0. The van der Waals surface area contributed by atoms with Gasteiger partial charge in [0.2, 0.25) is 0 Å². The first-order valence-corrected chi connectivity index (χ1v) is 12.8. The summed E-state index contributed by atoms with van der Waals surface area (Å²) in [4.78, 5) is 12.1. The Hall–Kier alpha value is -4.49. The van der Waals surface area contributed by atoms with E-state index in [1.165, 1.54) is 25.3 Å². The van der Waals surface area contributed by atoms with Crippen LogP contribution in [-0.4, -0.2) is 29.4 Å². The van der Waals surface area contributed by atoms with Crippen LogP contribution in [0.1, 0.15) is 35.5 Å². The first-order chi connectivity index (χ1) is 19.2. The van der Waals surface area contributed by atoms with E-state index in [2.05, 4.69) is 0 Å². The number of nitrogens with zero attached hydrogens (tertiary/aromatic N) is 1. The van der Waals surface area contributed by atoms with Crippen LogP contribution in [-0.2, 0) is 16.8 Å². The lowest BCUT2D eigenvalue weighted by atomic mass is 9.84. The van der Waals surface area contributed by atoms with Crippen molar-refractivity contribution in [3.05, 3.63) is 119 Å². The maximum absolute atomic E-state index is 15.6. The van der Waals surface area contributed by atoms with Gasteiger partial charge < -0.3 is 19.1 Å². The van der Waals surface area contributed by atoms with Gasteiger partial charge in [-0.15, -0.1) is 0 Å². The lowest BCUT2D eigenvalue weighted by Gasteiger charge is -2.27. The molecule has 0 spiro atoms. The van der Waals surface area contributed by atoms with Crippen LogP contribution >= 0.6 is 0 Å². The molecule has 4 aromatic carbocycles. The molecule has 0 aliphatic carbocycles. The van der Waals surface area contributed by atoms with Crippen molar-refractivity contribution in [2.45, 2.75) is 25.9 Å². The Labute approximate surface area is 231 Å². The Morgan fingerprint density at radius 1 is 0.900 bits per heavy atom. The number of carbonyl (C=O) groups is 1. The molecule has 0 unspecified atom stereocenters. The highest BCUT2D eigenvalue weighted by molar-refractivity contribution is 6.04. The molecule has 0 fully saturated rings. The summed E-state index contributed by atoms with van der Waals surface area (Å²) in [6.45, 7) is 3.68. The standard InChI is InChI=1S/C33H29F2NO4/c1-33(2,20-37)31-28(22-9-11-23(12-10-22)32(38)39-3)29-27(36(31)25-15-13-24(34)14-16-25)18-17-26(35)30(29)40-19-21-7-5-4-6-8-21/h4-18,37H,19-20H2,1-3H3. The van der Waals surface area contributed by atoms with Crippen LogP contribution in [0.15, 0.2) is 91.0 Å². The molecule has 0 saturated carbocycles. The fraction of sp³-hybridized carbons (Fsp3) is 0.182. The molecule has 5 nitrogen and oxygen atoms in total. The Morgan fingerprint density at radius 2 is 1.57 bits per heavy atom. The summed E-state index contributed by atoms with van der Waals surface area (Å²) in [7, 11) is 1.31. The van der Waals surface area contributed by atoms with Crippen LogP contribution in [0, 0.1) is 11.6 Å². The van der Waals surface area contributed by atoms with Gasteiger partial charge in [-0.2, -0.15) is 0 Å². The Balaban J connectivity index is 1.85. The quantitative estimate of drug-likeness (QED) is 0.211. The third-order valence-electron chi connectivity index (χ3n) is 6.98. The summed E-state index contributed by atoms with van der Waals surface area (Å²) in [6, 6.07) is 25.3. The second-order valence-corrected chi connectivity index (χ2v) is 10.2. The average Bonchev–Trinajstić information content (AvgIpc) is 3.33. The van der Waals surface area contributed by atoms with Gasteiger partial charge in [0.05, 0.1) is 30.2 Å². The van der Waals surface area contributed by atoms with E-state index in [0.717, 1.165) is 5.56 Å². The molecule has 1 heterocycles. The summed E-state index contributed by atoms with van der Waals surface area (Å²) in [6.07, 6.45) is 0. The van der Waals surface area contributed by atoms with E-state index in [0.29, 0.717) is 39.0 Å². The van der Waals surface area contributed by atoms with E-state index in [4.69, 9.17) is 9.47 Å². The van der Waals surface area contributed by atoms with E-state index in [1.54, 1.807) is 42.5 Å². The normalized spacial score (nSPS) is 11.6. The molecule has 1 N–H and O–H groups in total. The van der Waals surface area contributed by atoms with E-state index in [-0.39, 0.29) is 24.8 Å². The first-order valence-electron chi connectivity index (χ1n) is 12.8. The monoisotopic (exact) mass is 541 g/mol. The Morgan fingerprint density at radius 3 is 2.20 bits per heavy atom. The number of halogens is 2.